The Hall–Kier alpha value is -3.75. The molecule has 0 heterocycles. The summed E-state index contributed by atoms with van der Waals surface area (Å²) < 4.78 is 23.7. The van der Waals surface area contributed by atoms with E-state index in [1.807, 2.05) is 0 Å². The standard InChI is InChI=1S/C26H29FO8/c1-4-7-17(28)20-22(26(33)34-14-15-10-12-16(27)13-11-15)21(18(29)8-5-2)25(24(32)23(20)31)35-19(30)9-6-3/h10-13,31-32H,4-9,14H2,1-3H3. The number of rotatable bonds is 12. The molecule has 0 saturated heterocycles. The van der Waals surface area contributed by atoms with Crippen LogP contribution < -0.4 is 4.74 Å². The third-order valence-corrected chi connectivity index (χ3v) is 5.07. The fourth-order valence-electron chi connectivity index (χ4n) is 3.42. The van der Waals surface area contributed by atoms with Gasteiger partial charge in [0.05, 0.1) is 16.7 Å². The van der Waals surface area contributed by atoms with E-state index in [0.29, 0.717) is 24.8 Å². The number of carbonyl (C=O) groups excluding carboxylic acids is 4. The summed E-state index contributed by atoms with van der Waals surface area (Å²) in [7, 11) is 0. The summed E-state index contributed by atoms with van der Waals surface area (Å²) in [6, 6.07) is 5.13. The second kappa shape index (κ2) is 12.6. The summed E-state index contributed by atoms with van der Waals surface area (Å²) in [4.78, 5) is 51.4. The maximum absolute atomic E-state index is 13.2. The Morgan fingerprint density at radius 2 is 1.31 bits per heavy atom. The van der Waals surface area contributed by atoms with Gasteiger partial charge >= 0.3 is 11.9 Å². The molecule has 35 heavy (non-hydrogen) atoms. The molecule has 0 amide bonds. The summed E-state index contributed by atoms with van der Waals surface area (Å²) in [6.45, 7) is 4.79. The summed E-state index contributed by atoms with van der Waals surface area (Å²) >= 11 is 0. The molecule has 0 saturated carbocycles. The lowest BCUT2D eigenvalue weighted by Crippen LogP contribution is -2.20. The van der Waals surface area contributed by atoms with Gasteiger partial charge in [-0.3, -0.25) is 14.4 Å². The van der Waals surface area contributed by atoms with Crippen molar-refractivity contribution in [2.45, 2.75) is 65.9 Å². The molecule has 2 aromatic carbocycles. The van der Waals surface area contributed by atoms with E-state index >= 15 is 0 Å². The Kier molecular flexibility index (Phi) is 9.93. The first-order chi connectivity index (χ1) is 16.7. The molecular weight excluding hydrogens is 459 g/mol. The minimum absolute atomic E-state index is 0.0531. The average molecular weight is 489 g/mol. The summed E-state index contributed by atoms with van der Waals surface area (Å²) in [5.74, 6) is -6.47. The molecule has 0 radical (unpaired) electrons. The second-order valence-corrected chi connectivity index (χ2v) is 7.92. The lowest BCUT2D eigenvalue weighted by Gasteiger charge is -2.19. The molecule has 0 spiro atoms. The first-order valence-corrected chi connectivity index (χ1v) is 11.5. The molecule has 2 N–H and O–H groups in total. The smallest absolute Gasteiger partial charge is 0.340 e. The molecule has 2 aromatic rings. The van der Waals surface area contributed by atoms with Gasteiger partial charge in [0, 0.05) is 19.3 Å². The van der Waals surface area contributed by atoms with Crippen LogP contribution >= 0.6 is 0 Å². The molecule has 188 valence electrons. The Labute approximate surface area is 202 Å². The van der Waals surface area contributed by atoms with E-state index in [2.05, 4.69) is 0 Å². The Bertz CT molecular complexity index is 1110. The molecule has 0 bridgehead atoms. The molecule has 2 rings (SSSR count). The number of aromatic hydroxyl groups is 2. The number of ether oxygens (including phenoxy) is 2. The summed E-state index contributed by atoms with van der Waals surface area (Å²) in [6.07, 6.45) is 0.870. The summed E-state index contributed by atoms with van der Waals surface area (Å²) in [5, 5.41) is 21.3. The maximum Gasteiger partial charge on any atom is 0.340 e. The highest BCUT2D eigenvalue weighted by atomic mass is 19.1. The molecule has 0 aliphatic rings. The molecular formula is C26H29FO8. The van der Waals surface area contributed by atoms with Crippen LogP contribution in [0.2, 0.25) is 0 Å². The van der Waals surface area contributed by atoms with Gasteiger partial charge in [-0.1, -0.05) is 32.9 Å². The first kappa shape index (κ1) is 27.5. The van der Waals surface area contributed by atoms with Crippen LogP contribution in [0.4, 0.5) is 4.39 Å². The van der Waals surface area contributed by atoms with Crippen LogP contribution in [0.3, 0.4) is 0 Å². The number of ketones is 2. The topological polar surface area (TPSA) is 127 Å². The van der Waals surface area contributed by atoms with Crippen molar-refractivity contribution in [3.05, 3.63) is 52.3 Å². The van der Waals surface area contributed by atoms with Crippen LogP contribution in [0, 0.1) is 5.82 Å². The number of benzene rings is 2. The van der Waals surface area contributed by atoms with Crippen molar-refractivity contribution in [2.75, 3.05) is 0 Å². The van der Waals surface area contributed by atoms with Gasteiger partial charge in [0.2, 0.25) is 5.75 Å². The van der Waals surface area contributed by atoms with Crippen molar-refractivity contribution in [3.63, 3.8) is 0 Å². The number of carbonyl (C=O) groups is 4. The van der Waals surface area contributed by atoms with E-state index in [9.17, 15) is 33.8 Å². The highest BCUT2D eigenvalue weighted by Gasteiger charge is 2.36. The fourth-order valence-corrected chi connectivity index (χ4v) is 3.42. The predicted molar refractivity (Wildman–Crippen MR) is 124 cm³/mol. The highest BCUT2D eigenvalue weighted by molar-refractivity contribution is 6.17. The Morgan fingerprint density at radius 1 is 0.771 bits per heavy atom. The van der Waals surface area contributed by atoms with Gasteiger partial charge in [-0.05, 0) is 37.0 Å². The van der Waals surface area contributed by atoms with Crippen molar-refractivity contribution in [1.29, 1.82) is 0 Å². The minimum atomic E-state index is -1.14. The molecule has 0 aromatic heterocycles. The van der Waals surface area contributed by atoms with Gasteiger partial charge in [-0.2, -0.15) is 0 Å². The molecule has 0 aliphatic heterocycles. The zero-order chi connectivity index (χ0) is 26.1. The van der Waals surface area contributed by atoms with E-state index in [0.717, 1.165) is 0 Å². The normalized spacial score (nSPS) is 10.6. The van der Waals surface area contributed by atoms with Crippen LogP contribution in [0.1, 0.15) is 95.9 Å². The van der Waals surface area contributed by atoms with Gasteiger partial charge in [-0.15, -0.1) is 0 Å². The molecule has 0 atom stereocenters. The lowest BCUT2D eigenvalue weighted by molar-refractivity contribution is -0.134. The van der Waals surface area contributed by atoms with Crippen LogP contribution in [-0.2, 0) is 16.1 Å². The SMILES string of the molecule is CCCC(=O)Oc1c(O)c(O)c(C(=O)CCC)c(C(=O)OCc2ccc(F)cc2)c1C(=O)CCC. The van der Waals surface area contributed by atoms with Crippen molar-refractivity contribution >= 4 is 23.5 Å². The van der Waals surface area contributed by atoms with Gasteiger partial charge in [-0.25, -0.2) is 9.18 Å². The predicted octanol–water partition coefficient (Wildman–Crippen LogP) is 5.27. The lowest BCUT2D eigenvalue weighted by atomic mass is 9.90. The zero-order valence-electron chi connectivity index (χ0n) is 20.0. The van der Waals surface area contributed by atoms with Crippen molar-refractivity contribution in [1.82, 2.24) is 0 Å². The zero-order valence-corrected chi connectivity index (χ0v) is 20.0. The minimum Gasteiger partial charge on any atom is -0.504 e. The monoisotopic (exact) mass is 488 g/mol. The first-order valence-electron chi connectivity index (χ1n) is 11.5. The largest absolute Gasteiger partial charge is 0.504 e. The van der Waals surface area contributed by atoms with Gasteiger partial charge in [0.1, 0.15) is 12.4 Å². The number of hydrogen-bond acceptors (Lipinski definition) is 8. The number of esters is 2. The molecule has 9 heteroatoms. The van der Waals surface area contributed by atoms with Crippen molar-refractivity contribution in [3.8, 4) is 17.2 Å². The maximum atomic E-state index is 13.2. The van der Waals surface area contributed by atoms with Crippen LogP contribution in [0.5, 0.6) is 17.2 Å². The highest BCUT2D eigenvalue weighted by Crippen LogP contribution is 2.46. The number of phenolic OH excluding ortho intramolecular Hbond substituents is 2. The third-order valence-electron chi connectivity index (χ3n) is 5.07. The van der Waals surface area contributed by atoms with Gasteiger partial charge in [0.25, 0.3) is 0 Å². The van der Waals surface area contributed by atoms with Gasteiger partial charge in [0.15, 0.2) is 23.1 Å². The van der Waals surface area contributed by atoms with Crippen LogP contribution in [0.15, 0.2) is 24.3 Å². The second-order valence-electron chi connectivity index (χ2n) is 7.92. The number of hydrogen-bond donors (Lipinski definition) is 2. The number of halogens is 1. The molecule has 0 aliphatic carbocycles. The van der Waals surface area contributed by atoms with E-state index < -0.39 is 63.3 Å². The summed E-state index contributed by atoms with van der Waals surface area (Å²) in [5.41, 5.74) is -1.24. The third kappa shape index (κ3) is 6.65. The van der Waals surface area contributed by atoms with Gasteiger partial charge < -0.3 is 19.7 Å². The fraction of sp³-hybridized carbons (Fsp3) is 0.385. The molecule has 8 nitrogen and oxygen atoms in total. The number of phenols is 2. The van der Waals surface area contributed by atoms with E-state index in [1.165, 1.54) is 24.3 Å². The average Bonchev–Trinajstić information content (AvgIpc) is 2.81. The Morgan fingerprint density at radius 3 is 1.86 bits per heavy atom. The van der Waals surface area contributed by atoms with E-state index in [1.54, 1.807) is 20.8 Å². The van der Waals surface area contributed by atoms with E-state index in [-0.39, 0.29) is 25.9 Å². The molecule has 0 unspecified atom stereocenters. The van der Waals surface area contributed by atoms with E-state index in [4.69, 9.17) is 9.47 Å². The number of Topliss-reactive ketones (excluding diaryl/α,β-unsaturated/α-hetero) is 2. The molecule has 0 fully saturated rings. The van der Waals surface area contributed by atoms with Crippen molar-refractivity contribution in [2.24, 2.45) is 0 Å². The quantitative estimate of drug-likeness (QED) is 0.179. The van der Waals surface area contributed by atoms with Crippen LogP contribution in [-0.4, -0.2) is 33.7 Å². The Balaban J connectivity index is 2.72. The van der Waals surface area contributed by atoms with Crippen LogP contribution in [0.25, 0.3) is 0 Å². The van der Waals surface area contributed by atoms with Crippen molar-refractivity contribution < 1.29 is 43.3 Å².